The van der Waals surface area contributed by atoms with Gasteiger partial charge in [0.25, 0.3) is 5.91 Å². The number of benzene rings is 1. The molecule has 1 aromatic rings. The number of phenolic OH excluding ortho intramolecular Hbond substituents is 1. The summed E-state index contributed by atoms with van der Waals surface area (Å²) in [6, 6.07) is 4.82. The van der Waals surface area contributed by atoms with Crippen LogP contribution in [0.25, 0.3) is 0 Å². The van der Waals surface area contributed by atoms with Crippen molar-refractivity contribution in [2.24, 2.45) is 0 Å². The summed E-state index contributed by atoms with van der Waals surface area (Å²) < 4.78 is 0. The lowest BCUT2D eigenvalue weighted by molar-refractivity contribution is 0.0614. The molecule has 0 bridgehead atoms. The van der Waals surface area contributed by atoms with Crippen molar-refractivity contribution in [2.75, 3.05) is 39.3 Å². The van der Waals surface area contributed by atoms with E-state index < -0.39 is 0 Å². The molecule has 1 saturated heterocycles. The Morgan fingerprint density at radius 2 is 1.95 bits per heavy atom. The van der Waals surface area contributed by atoms with Gasteiger partial charge in [0.05, 0.1) is 6.61 Å². The van der Waals surface area contributed by atoms with Gasteiger partial charge in [-0.15, -0.1) is 0 Å². The van der Waals surface area contributed by atoms with Gasteiger partial charge in [0.1, 0.15) is 5.75 Å². The molecule has 0 aromatic heterocycles. The first-order chi connectivity index (χ1) is 9.11. The quantitative estimate of drug-likeness (QED) is 0.832. The molecule has 0 spiro atoms. The summed E-state index contributed by atoms with van der Waals surface area (Å²) in [5, 5.41) is 18.3. The zero-order valence-corrected chi connectivity index (χ0v) is 11.2. The van der Waals surface area contributed by atoms with Gasteiger partial charge in [-0.05, 0) is 30.7 Å². The van der Waals surface area contributed by atoms with E-state index in [4.69, 9.17) is 5.11 Å². The molecule has 0 aliphatic carbocycles. The van der Waals surface area contributed by atoms with Crippen LogP contribution in [-0.4, -0.2) is 65.3 Å². The fourth-order valence-corrected chi connectivity index (χ4v) is 2.37. The molecule has 0 saturated carbocycles. The predicted molar refractivity (Wildman–Crippen MR) is 72.3 cm³/mol. The van der Waals surface area contributed by atoms with Crippen LogP contribution < -0.4 is 0 Å². The summed E-state index contributed by atoms with van der Waals surface area (Å²) in [7, 11) is 0. The first kappa shape index (κ1) is 13.8. The van der Waals surface area contributed by atoms with Gasteiger partial charge in [-0.3, -0.25) is 9.69 Å². The molecule has 1 heterocycles. The molecule has 19 heavy (non-hydrogen) atoms. The first-order valence-corrected chi connectivity index (χ1v) is 6.54. The molecule has 0 atom stereocenters. The van der Waals surface area contributed by atoms with Crippen LogP contribution in [0.2, 0.25) is 0 Å². The molecule has 1 aliphatic rings. The zero-order chi connectivity index (χ0) is 13.8. The van der Waals surface area contributed by atoms with Crippen LogP contribution in [0.15, 0.2) is 18.2 Å². The van der Waals surface area contributed by atoms with Crippen LogP contribution in [0.5, 0.6) is 5.75 Å². The third kappa shape index (κ3) is 3.24. The molecular weight excluding hydrogens is 244 g/mol. The average Bonchev–Trinajstić information content (AvgIpc) is 2.39. The van der Waals surface area contributed by atoms with Gasteiger partial charge in [0.15, 0.2) is 0 Å². The van der Waals surface area contributed by atoms with Gasteiger partial charge in [-0.25, -0.2) is 0 Å². The second kappa shape index (κ2) is 6.04. The lowest BCUT2D eigenvalue weighted by Gasteiger charge is -2.34. The second-order valence-electron chi connectivity index (χ2n) is 4.86. The Balaban J connectivity index is 2.01. The van der Waals surface area contributed by atoms with Gasteiger partial charge < -0.3 is 15.1 Å². The van der Waals surface area contributed by atoms with Crippen LogP contribution in [0.4, 0.5) is 0 Å². The Kier molecular flexibility index (Phi) is 4.39. The average molecular weight is 264 g/mol. The first-order valence-electron chi connectivity index (χ1n) is 6.54. The maximum Gasteiger partial charge on any atom is 0.254 e. The minimum Gasteiger partial charge on any atom is -0.508 e. The number of carbonyl (C=O) groups is 1. The number of aliphatic hydroxyl groups excluding tert-OH is 1. The zero-order valence-electron chi connectivity index (χ0n) is 11.2. The van der Waals surface area contributed by atoms with Crippen molar-refractivity contribution < 1.29 is 15.0 Å². The largest absolute Gasteiger partial charge is 0.508 e. The second-order valence-corrected chi connectivity index (χ2v) is 4.86. The molecule has 0 unspecified atom stereocenters. The number of carbonyl (C=O) groups excluding carboxylic acids is 1. The third-order valence-electron chi connectivity index (χ3n) is 3.52. The number of amides is 1. The molecule has 1 amide bonds. The Labute approximate surface area is 113 Å². The van der Waals surface area contributed by atoms with E-state index in [2.05, 4.69) is 4.90 Å². The van der Waals surface area contributed by atoms with E-state index >= 15 is 0 Å². The molecule has 5 heteroatoms. The highest BCUT2D eigenvalue weighted by atomic mass is 16.3. The number of hydrogen-bond acceptors (Lipinski definition) is 4. The van der Waals surface area contributed by atoms with Crippen molar-refractivity contribution in [2.45, 2.75) is 6.92 Å². The molecule has 1 aromatic carbocycles. The molecule has 1 fully saturated rings. The number of aromatic hydroxyl groups is 1. The highest BCUT2D eigenvalue weighted by Gasteiger charge is 2.22. The lowest BCUT2D eigenvalue weighted by Crippen LogP contribution is -2.49. The molecule has 104 valence electrons. The predicted octanol–water partition coefficient (Wildman–Crippen LogP) is 0.451. The normalized spacial score (nSPS) is 16.6. The maximum atomic E-state index is 12.4. The van der Waals surface area contributed by atoms with Gasteiger partial charge in [-0.2, -0.15) is 0 Å². The van der Waals surface area contributed by atoms with E-state index in [1.165, 1.54) is 0 Å². The van der Waals surface area contributed by atoms with E-state index in [-0.39, 0.29) is 18.3 Å². The number of β-amino-alcohol motifs (C(OH)–C–C–N with tert-alkyl or cyclic N) is 1. The molecule has 1 aliphatic heterocycles. The van der Waals surface area contributed by atoms with Crippen LogP contribution in [0.3, 0.4) is 0 Å². The van der Waals surface area contributed by atoms with Crippen LogP contribution >= 0.6 is 0 Å². The number of aryl methyl sites for hydroxylation is 1. The minimum absolute atomic E-state index is 0.0150. The Morgan fingerprint density at radius 3 is 2.53 bits per heavy atom. The van der Waals surface area contributed by atoms with Crippen LogP contribution in [0, 0.1) is 6.92 Å². The molecule has 2 rings (SSSR count). The number of piperazine rings is 1. The number of phenols is 1. The van der Waals surface area contributed by atoms with Crippen molar-refractivity contribution in [3.63, 3.8) is 0 Å². The summed E-state index contributed by atoms with van der Waals surface area (Å²) in [5.41, 5.74) is 1.44. The van der Waals surface area contributed by atoms with Gasteiger partial charge in [-0.1, -0.05) is 0 Å². The fraction of sp³-hybridized carbons (Fsp3) is 0.500. The monoisotopic (exact) mass is 264 g/mol. The van der Waals surface area contributed by atoms with Gasteiger partial charge in [0.2, 0.25) is 0 Å². The van der Waals surface area contributed by atoms with Gasteiger partial charge in [0, 0.05) is 38.3 Å². The number of rotatable bonds is 3. The van der Waals surface area contributed by atoms with Crippen LogP contribution in [0.1, 0.15) is 15.9 Å². The third-order valence-corrected chi connectivity index (χ3v) is 3.52. The van der Waals surface area contributed by atoms with Crippen LogP contribution in [-0.2, 0) is 0 Å². The summed E-state index contributed by atoms with van der Waals surface area (Å²) in [4.78, 5) is 16.3. The molecule has 2 N–H and O–H groups in total. The van der Waals surface area contributed by atoms with E-state index in [1.54, 1.807) is 18.2 Å². The number of nitrogens with zero attached hydrogens (tertiary/aromatic N) is 2. The van der Waals surface area contributed by atoms with Crippen molar-refractivity contribution in [1.82, 2.24) is 9.80 Å². The summed E-state index contributed by atoms with van der Waals surface area (Å²) in [6.45, 7) is 5.60. The fourth-order valence-electron chi connectivity index (χ4n) is 2.37. The highest BCUT2D eigenvalue weighted by Crippen LogP contribution is 2.18. The molecule has 5 nitrogen and oxygen atoms in total. The maximum absolute atomic E-state index is 12.4. The van der Waals surface area contributed by atoms with E-state index in [1.807, 2.05) is 11.8 Å². The lowest BCUT2D eigenvalue weighted by atomic mass is 10.1. The van der Waals surface area contributed by atoms with Gasteiger partial charge >= 0.3 is 0 Å². The van der Waals surface area contributed by atoms with Crippen molar-refractivity contribution in [3.8, 4) is 5.75 Å². The molecular formula is C14H20N2O3. The topological polar surface area (TPSA) is 64.0 Å². The SMILES string of the molecule is Cc1cc(O)ccc1C(=O)N1CCN(CCO)CC1. The van der Waals surface area contributed by atoms with Crippen molar-refractivity contribution >= 4 is 5.91 Å². The summed E-state index contributed by atoms with van der Waals surface area (Å²) in [5.74, 6) is 0.197. The minimum atomic E-state index is 0.0150. The van der Waals surface area contributed by atoms with E-state index in [0.717, 1.165) is 18.7 Å². The number of hydrogen-bond donors (Lipinski definition) is 2. The Bertz CT molecular complexity index is 454. The Morgan fingerprint density at radius 1 is 1.26 bits per heavy atom. The highest BCUT2D eigenvalue weighted by molar-refractivity contribution is 5.95. The van der Waals surface area contributed by atoms with E-state index in [9.17, 15) is 9.90 Å². The molecule has 0 radical (unpaired) electrons. The summed E-state index contributed by atoms with van der Waals surface area (Å²) in [6.07, 6.45) is 0. The standard InChI is InChI=1S/C14H20N2O3/c1-11-10-12(18)2-3-13(11)14(19)16-6-4-15(5-7-16)8-9-17/h2-3,10,17-18H,4-9H2,1H3. The number of aliphatic hydroxyl groups is 1. The van der Waals surface area contributed by atoms with E-state index in [0.29, 0.717) is 25.2 Å². The Hall–Kier alpha value is -1.59. The van der Waals surface area contributed by atoms with Crippen molar-refractivity contribution in [1.29, 1.82) is 0 Å². The van der Waals surface area contributed by atoms with Crippen molar-refractivity contribution in [3.05, 3.63) is 29.3 Å². The summed E-state index contributed by atoms with van der Waals surface area (Å²) >= 11 is 0. The smallest absolute Gasteiger partial charge is 0.254 e.